The zero-order chi connectivity index (χ0) is 13.9. The quantitative estimate of drug-likeness (QED) is 0.917. The number of rotatable bonds is 3. The van der Waals surface area contributed by atoms with Gasteiger partial charge in [-0.25, -0.2) is 0 Å². The molecular formula is C16H24N2O2. The molecule has 2 heterocycles. The van der Waals surface area contributed by atoms with E-state index in [2.05, 4.69) is 24.0 Å². The largest absolute Gasteiger partial charge is 0.486 e. The summed E-state index contributed by atoms with van der Waals surface area (Å²) in [5, 5.41) is 0. The summed E-state index contributed by atoms with van der Waals surface area (Å²) in [6.45, 7) is 6.69. The molecule has 0 saturated carbocycles. The monoisotopic (exact) mass is 276 g/mol. The van der Waals surface area contributed by atoms with Crippen LogP contribution >= 0.6 is 0 Å². The standard InChI is InChI=1S/C16H24N2O2/c1-12(17)14-4-6-18(7-5-14)11-13-2-3-15-16(10-13)20-9-8-19-15/h2-3,10,12,14H,4-9,11,17H2,1H3. The highest BCUT2D eigenvalue weighted by atomic mass is 16.6. The predicted octanol–water partition coefficient (Wildman–Crippen LogP) is 2.02. The van der Waals surface area contributed by atoms with Gasteiger partial charge in [0.1, 0.15) is 13.2 Å². The summed E-state index contributed by atoms with van der Waals surface area (Å²) < 4.78 is 11.2. The van der Waals surface area contributed by atoms with Crippen molar-refractivity contribution in [3.63, 3.8) is 0 Å². The van der Waals surface area contributed by atoms with Gasteiger partial charge in [-0.15, -0.1) is 0 Å². The highest BCUT2D eigenvalue weighted by Gasteiger charge is 2.22. The normalized spacial score (nSPS) is 21.7. The molecule has 2 aliphatic heterocycles. The minimum absolute atomic E-state index is 0.325. The third-order valence-corrected chi connectivity index (χ3v) is 4.39. The third kappa shape index (κ3) is 3.07. The lowest BCUT2D eigenvalue weighted by molar-refractivity contribution is 0.162. The van der Waals surface area contributed by atoms with E-state index in [0.717, 1.165) is 31.1 Å². The van der Waals surface area contributed by atoms with Gasteiger partial charge < -0.3 is 15.2 Å². The second kappa shape index (κ2) is 6.02. The fourth-order valence-electron chi connectivity index (χ4n) is 3.08. The summed E-state index contributed by atoms with van der Waals surface area (Å²) >= 11 is 0. The Morgan fingerprint density at radius 2 is 1.90 bits per heavy atom. The van der Waals surface area contributed by atoms with Gasteiger partial charge in [0.15, 0.2) is 11.5 Å². The van der Waals surface area contributed by atoms with Gasteiger partial charge in [0.2, 0.25) is 0 Å². The lowest BCUT2D eigenvalue weighted by atomic mass is 9.91. The van der Waals surface area contributed by atoms with Crippen LogP contribution in [0.4, 0.5) is 0 Å². The first kappa shape index (κ1) is 13.7. The average molecular weight is 276 g/mol. The minimum Gasteiger partial charge on any atom is -0.486 e. The number of nitrogens with zero attached hydrogens (tertiary/aromatic N) is 1. The molecule has 1 aromatic carbocycles. The maximum atomic E-state index is 5.99. The SMILES string of the molecule is CC(N)C1CCN(Cc2ccc3c(c2)OCCO3)CC1. The second-order valence-corrected chi connectivity index (χ2v) is 5.95. The van der Waals surface area contributed by atoms with E-state index >= 15 is 0 Å². The number of piperidine rings is 1. The third-order valence-electron chi connectivity index (χ3n) is 4.39. The van der Waals surface area contributed by atoms with Crippen molar-refractivity contribution in [1.82, 2.24) is 4.90 Å². The van der Waals surface area contributed by atoms with E-state index in [1.807, 2.05) is 6.07 Å². The number of likely N-dealkylation sites (tertiary alicyclic amines) is 1. The topological polar surface area (TPSA) is 47.7 Å². The molecule has 0 radical (unpaired) electrons. The number of hydrogen-bond acceptors (Lipinski definition) is 4. The van der Waals surface area contributed by atoms with E-state index < -0.39 is 0 Å². The molecule has 0 spiro atoms. The molecule has 4 heteroatoms. The van der Waals surface area contributed by atoms with Gasteiger partial charge in [0, 0.05) is 12.6 Å². The van der Waals surface area contributed by atoms with Crippen LogP contribution in [0.3, 0.4) is 0 Å². The predicted molar refractivity (Wildman–Crippen MR) is 79.1 cm³/mol. The van der Waals surface area contributed by atoms with Crippen molar-refractivity contribution in [2.24, 2.45) is 11.7 Å². The molecule has 2 aliphatic rings. The fraction of sp³-hybridized carbons (Fsp3) is 0.625. The van der Waals surface area contributed by atoms with Gasteiger partial charge >= 0.3 is 0 Å². The van der Waals surface area contributed by atoms with Crippen LogP contribution in [0, 0.1) is 5.92 Å². The Kier molecular flexibility index (Phi) is 4.13. The van der Waals surface area contributed by atoms with Crippen LogP contribution in [0.25, 0.3) is 0 Å². The molecule has 1 fully saturated rings. The Bertz CT molecular complexity index is 454. The van der Waals surface area contributed by atoms with Crippen molar-refractivity contribution in [3.05, 3.63) is 23.8 Å². The van der Waals surface area contributed by atoms with Crippen molar-refractivity contribution in [3.8, 4) is 11.5 Å². The van der Waals surface area contributed by atoms with Gasteiger partial charge in [-0.1, -0.05) is 6.07 Å². The molecule has 2 N–H and O–H groups in total. The molecule has 20 heavy (non-hydrogen) atoms. The molecule has 1 unspecified atom stereocenters. The Morgan fingerprint density at radius 3 is 2.60 bits per heavy atom. The molecule has 1 aromatic rings. The molecule has 0 amide bonds. The molecule has 0 bridgehead atoms. The summed E-state index contributed by atoms with van der Waals surface area (Å²) in [7, 11) is 0. The summed E-state index contributed by atoms with van der Waals surface area (Å²) in [6, 6.07) is 6.61. The second-order valence-electron chi connectivity index (χ2n) is 5.95. The van der Waals surface area contributed by atoms with Crippen LogP contribution in [0.2, 0.25) is 0 Å². The zero-order valence-electron chi connectivity index (χ0n) is 12.2. The van der Waals surface area contributed by atoms with Gasteiger partial charge in [-0.05, 0) is 56.5 Å². The Labute approximate surface area is 120 Å². The van der Waals surface area contributed by atoms with Gasteiger partial charge in [0.25, 0.3) is 0 Å². The van der Waals surface area contributed by atoms with Crippen LogP contribution in [-0.2, 0) is 6.54 Å². The summed E-state index contributed by atoms with van der Waals surface area (Å²) in [5.74, 6) is 2.45. The number of ether oxygens (including phenoxy) is 2. The Balaban J connectivity index is 1.59. The lowest BCUT2D eigenvalue weighted by Crippen LogP contribution is -2.39. The van der Waals surface area contributed by atoms with Crippen molar-refractivity contribution in [2.75, 3.05) is 26.3 Å². The highest BCUT2D eigenvalue weighted by molar-refractivity contribution is 5.43. The fourth-order valence-corrected chi connectivity index (χ4v) is 3.08. The number of hydrogen-bond donors (Lipinski definition) is 1. The zero-order valence-corrected chi connectivity index (χ0v) is 12.2. The van der Waals surface area contributed by atoms with Gasteiger partial charge in [-0.2, -0.15) is 0 Å². The average Bonchev–Trinajstić information content (AvgIpc) is 2.48. The first-order chi connectivity index (χ1) is 9.72. The van der Waals surface area contributed by atoms with E-state index in [1.54, 1.807) is 0 Å². The van der Waals surface area contributed by atoms with E-state index in [0.29, 0.717) is 25.2 Å². The van der Waals surface area contributed by atoms with Crippen LogP contribution in [0.1, 0.15) is 25.3 Å². The molecule has 110 valence electrons. The molecule has 4 nitrogen and oxygen atoms in total. The van der Waals surface area contributed by atoms with Crippen molar-refractivity contribution < 1.29 is 9.47 Å². The summed E-state index contributed by atoms with van der Waals surface area (Å²) in [5.41, 5.74) is 7.29. The number of nitrogens with two attached hydrogens (primary N) is 1. The Morgan fingerprint density at radius 1 is 1.20 bits per heavy atom. The lowest BCUT2D eigenvalue weighted by Gasteiger charge is -2.33. The van der Waals surface area contributed by atoms with E-state index in [9.17, 15) is 0 Å². The first-order valence-corrected chi connectivity index (χ1v) is 7.59. The molecule has 3 rings (SSSR count). The van der Waals surface area contributed by atoms with Crippen LogP contribution in [0.15, 0.2) is 18.2 Å². The minimum atomic E-state index is 0.325. The molecule has 0 aromatic heterocycles. The number of benzene rings is 1. The highest BCUT2D eigenvalue weighted by Crippen LogP contribution is 2.31. The summed E-state index contributed by atoms with van der Waals surface area (Å²) in [4.78, 5) is 2.50. The Hall–Kier alpha value is -1.26. The smallest absolute Gasteiger partial charge is 0.161 e. The molecule has 0 aliphatic carbocycles. The first-order valence-electron chi connectivity index (χ1n) is 7.59. The van der Waals surface area contributed by atoms with Gasteiger partial charge in [0.05, 0.1) is 0 Å². The van der Waals surface area contributed by atoms with Crippen LogP contribution in [0.5, 0.6) is 11.5 Å². The van der Waals surface area contributed by atoms with E-state index in [-0.39, 0.29) is 0 Å². The maximum absolute atomic E-state index is 5.99. The van der Waals surface area contributed by atoms with E-state index in [4.69, 9.17) is 15.2 Å². The summed E-state index contributed by atoms with van der Waals surface area (Å²) in [6.07, 6.45) is 2.42. The van der Waals surface area contributed by atoms with Gasteiger partial charge in [-0.3, -0.25) is 4.90 Å². The molecule has 1 atom stereocenters. The van der Waals surface area contributed by atoms with Crippen LogP contribution < -0.4 is 15.2 Å². The van der Waals surface area contributed by atoms with E-state index in [1.165, 1.54) is 18.4 Å². The molecular weight excluding hydrogens is 252 g/mol. The van der Waals surface area contributed by atoms with Crippen molar-refractivity contribution in [2.45, 2.75) is 32.4 Å². The maximum Gasteiger partial charge on any atom is 0.161 e. The number of fused-ring (bicyclic) bond motifs is 1. The van der Waals surface area contributed by atoms with Crippen molar-refractivity contribution in [1.29, 1.82) is 0 Å². The molecule has 1 saturated heterocycles. The van der Waals surface area contributed by atoms with Crippen molar-refractivity contribution >= 4 is 0 Å². The van der Waals surface area contributed by atoms with Crippen LogP contribution in [-0.4, -0.2) is 37.2 Å².